The molecule has 0 heterocycles. The summed E-state index contributed by atoms with van der Waals surface area (Å²) in [4.78, 5) is 27.1. The first-order valence-electron chi connectivity index (χ1n) is 7.44. The Morgan fingerprint density at radius 1 is 1.14 bits per heavy atom. The molecule has 22 heavy (non-hydrogen) atoms. The molecule has 1 N–H and O–H groups in total. The highest BCUT2D eigenvalue weighted by molar-refractivity contribution is 5.81. The average molecular weight is 309 g/mol. The first-order valence-corrected chi connectivity index (χ1v) is 7.44. The van der Waals surface area contributed by atoms with E-state index in [2.05, 4.69) is 5.32 Å². The quantitative estimate of drug-likeness (QED) is 0.786. The van der Waals surface area contributed by atoms with E-state index in [0.29, 0.717) is 18.7 Å². The molecule has 6 heteroatoms. The van der Waals surface area contributed by atoms with Crippen molar-refractivity contribution in [1.82, 2.24) is 15.1 Å². The summed E-state index contributed by atoms with van der Waals surface area (Å²) in [6.07, 6.45) is 0. The van der Waals surface area contributed by atoms with Gasteiger partial charge in [-0.15, -0.1) is 0 Å². The smallest absolute Gasteiger partial charge is 0.236 e. The van der Waals surface area contributed by atoms with Gasteiger partial charge in [0.1, 0.15) is 5.82 Å². The predicted molar refractivity (Wildman–Crippen MR) is 83.7 cm³/mol. The monoisotopic (exact) mass is 309 g/mol. The van der Waals surface area contributed by atoms with Crippen LogP contribution in [-0.4, -0.2) is 54.8 Å². The van der Waals surface area contributed by atoms with Crippen molar-refractivity contribution in [3.05, 3.63) is 35.6 Å². The summed E-state index contributed by atoms with van der Waals surface area (Å²) < 4.78 is 13.4. The van der Waals surface area contributed by atoms with E-state index in [1.807, 2.05) is 13.8 Å². The second-order valence-electron chi connectivity index (χ2n) is 5.11. The minimum atomic E-state index is -0.340. The van der Waals surface area contributed by atoms with Crippen molar-refractivity contribution in [2.24, 2.45) is 0 Å². The normalized spacial score (nSPS) is 10.6. The van der Waals surface area contributed by atoms with Crippen LogP contribution in [0, 0.1) is 5.82 Å². The molecular formula is C16H24FN3O2. The maximum absolute atomic E-state index is 13.4. The minimum Gasteiger partial charge on any atom is -0.351 e. The van der Waals surface area contributed by atoms with Crippen LogP contribution in [0.1, 0.15) is 19.4 Å². The first-order chi connectivity index (χ1) is 10.5. The molecule has 0 aromatic heterocycles. The van der Waals surface area contributed by atoms with Crippen LogP contribution >= 0.6 is 0 Å². The zero-order chi connectivity index (χ0) is 16.5. The number of carbonyl (C=O) groups excluding carboxylic acids is 2. The Kier molecular flexibility index (Phi) is 7.52. The number of carbonyl (C=O) groups is 2. The van der Waals surface area contributed by atoms with Crippen LogP contribution in [0.3, 0.4) is 0 Å². The van der Waals surface area contributed by atoms with Crippen molar-refractivity contribution in [1.29, 1.82) is 0 Å². The lowest BCUT2D eigenvalue weighted by Crippen LogP contribution is -2.42. The molecule has 122 valence electrons. The molecule has 0 atom stereocenters. The van der Waals surface area contributed by atoms with Crippen LogP contribution in [0.2, 0.25) is 0 Å². The summed E-state index contributed by atoms with van der Waals surface area (Å²) in [7, 11) is 1.71. The van der Waals surface area contributed by atoms with E-state index in [1.54, 1.807) is 35.0 Å². The zero-order valence-electron chi connectivity index (χ0n) is 13.4. The van der Waals surface area contributed by atoms with Crippen LogP contribution in [0.15, 0.2) is 24.3 Å². The molecule has 0 spiro atoms. The van der Waals surface area contributed by atoms with Gasteiger partial charge in [-0.2, -0.15) is 0 Å². The summed E-state index contributed by atoms with van der Waals surface area (Å²) in [5.74, 6) is -0.583. The molecular weight excluding hydrogens is 285 g/mol. The fraction of sp³-hybridized carbons (Fsp3) is 0.500. The third kappa shape index (κ3) is 5.81. The van der Waals surface area contributed by atoms with Crippen LogP contribution in [0.5, 0.6) is 0 Å². The highest BCUT2D eigenvalue weighted by atomic mass is 19.1. The van der Waals surface area contributed by atoms with Crippen molar-refractivity contribution in [2.75, 3.05) is 33.2 Å². The number of likely N-dealkylation sites (N-methyl/N-ethyl adjacent to an activating group) is 2. The van der Waals surface area contributed by atoms with Gasteiger partial charge in [-0.05, 0) is 27.0 Å². The summed E-state index contributed by atoms with van der Waals surface area (Å²) in [5.41, 5.74) is 0.442. The number of nitrogens with zero attached hydrogens (tertiary/aromatic N) is 2. The van der Waals surface area contributed by atoms with Crippen molar-refractivity contribution in [2.45, 2.75) is 20.4 Å². The van der Waals surface area contributed by atoms with Gasteiger partial charge in [-0.3, -0.25) is 14.5 Å². The van der Waals surface area contributed by atoms with Crippen molar-refractivity contribution in [3.63, 3.8) is 0 Å². The van der Waals surface area contributed by atoms with E-state index in [1.165, 1.54) is 6.07 Å². The van der Waals surface area contributed by atoms with E-state index < -0.39 is 0 Å². The maximum Gasteiger partial charge on any atom is 0.236 e. The summed E-state index contributed by atoms with van der Waals surface area (Å²) >= 11 is 0. The third-order valence-corrected chi connectivity index (χ3v) is 3.37. The molecule has 5 nitrogen and oxygen atoms in total. The highest BCUT2D eigenvalue weighted by Gasteiger charge is 2.14. The van der Waals surface area contributed by atoms with Gasteiger partial charge in [0.25, 0.3) is 0 Å². The molecule has 1 aromatic rings. The van der Waals surface area contributed by atoms with Gasteiger partial charge in [-0.25, -0.2) is 4.39 Å². The molecule has 0 saturated carbocycles. The largest absolute Gasteiger partial charge is 0.351 e. The van der Waals surface area contributed by atoms with Gasteiger partial charge in [0.05, 0.1) is 13.1 Å². The molecule has 0 aliphatic rings. The standard InChI is InChI=1S/C16H24FN3O2/c1-4-20(5-2)16(22)12-19(3)11-15(21)18-10-13-8-6-7-9-14(13)17/h6-9H,4-5,10-12H2,1-3H3,(H,18,21). The lowest BCUT2D eigenvalue weighted by atomic mass is 10.2. The Hall–Kier alpha value is -1.95. The fourth-order valence-corrected chi connectivity index (χ4v) is 2.10. The summed E-state index contributed by atoms with van der Waals surface area (Å²) in [6.45, 7) is 5.58. The van der Waals surface area contributed by atoms with Crippen LogP contribution in [0.25, 0.3) is 0 Å². The molecule has 1 aromatic carbocycles. The number of hydrogen-bond acceptors (Lipinski definition) is 3. The molecule has 0 unspecified atom stereocenters. The van der Waals surface area contributed by atoms with Crippen molar-refractivity contribution < 1.29 is 14.0 Å². The van der Waals surface area contributed by atoms with Gasteiger partial charge in [0.2, 0.25) is 11.8 Å². The van der Waals surface area contributed by atoms with Gasteiger partial charge in [0, 0.05) is 25.2 Å². The Morgan fingerprint density at radius 3 is 2.36 bits per heavy atom. The van der Waals surface area contributed by atoms with E-state index >= 15 is 0 Å². The Labute approximate surface area is 131 Å². The first kappa shape index (κ1) is 18.1. The molecule has 2 amide bonds. The van der Waals surface area contributed by atoms with Gasteiger partial charge < -0.3 is 10.2 Å². The van der Waals surface area contributed by atoms with Crippen molar-refractivity contribution >= 4 is 11.8 Å². The van der Waals surface area contributed by atoms with Crippen molar-refractivity contribution in [3.8, 4) is 0 Å². The highest BCUT2D eigenvalue weighted by Crippen LogP contribution is 2.05. The molecule has 1 rings (SSSR count). The predicted octanol–water partition coefficient (Wildman–Crippen LogP) is 1.24. The number of benzene rings is 1. The number of rotatable bonds is 8. The SMILES string of the molecule is CCN(CC)C(=O)CN(C)CC(=O)NCc1ccccc1F. The molecule has 0 bridgehead atoms. The second kappa shape index (κ2) is 9.15. The van der Waals surface area contributed by atoms with E-state index in [9.17, 15) is 14.0 Å². The number of hydrogen-bond donors (Lipinski definition) is 1. The Balaban J connectivity index is 2.38. The summed E-state index contributed by atoms with van der Waals surface area (Å²) in [6, 6.07) is 6.31. The zero-order valence-corrected chi connectivity index (χ0v) is 13.4. The lowest BCUT2D eigenvalue weighted by molar-refractivity contribution is -0.132. The van der Waals surface area contributed by atoms with Crippen LogP contribution in [0.4, 0.5) is 4.39 Å². The lowest BCUT2D eigenvalue weighted by Gasteiger charge is -2.22. The number of halogens is 1. The van der Waals surface area contributed by atoms with Gasteiger partial charge in [0.15, 0.2) is 0 Å². The van der Waals surface area contributed by atoms with E-state index in [4.69, 9.17) is 0 Å². The molecule has 0 aliphatic heterocycles. The third-order valence-electron chi connectivity index (χ3n) is 3.37. The van der Waals surface area contributed by atoms with Crippen LogP contribution < -0.4 is 5.32 Å². The molecule has 0 saturated heterocycles. The molecule has 0 aliphatic carbocycles. The van der Waals surface area contributed by atoms with Gasteiger partial charge >= 0.3 is 0 Å². The average Bonchev–Trinajstić information content (AvgIpc) is 2.47. The molecule has 0 radical (unpaired) electrons. The van der Waals surface area contributed by atoms with E-state index in [-0.39, 0.29) is 37.3 Å². The summed E-state index contributed by atoms with van der Waals surface area (Å²) in [5, 5.41) is 2.66. The van der Waals surface area contributed by atoms with E-state index in [0.717, 1.165) is 0 Å². The molecule has 0 fully saturated rings. The second-order valence-corrected chi connectivity index (χ2v) is 5.11. The topological polar surface area (TPSA) is 52.7 Å². The van der Waals surface area contributed by atoms with Crippen LogP contribution in [-0.2, 0) is 16.1 Å². The Morgan fingerprint density at radius 2 is 1.77 bits per heavy atom. The number of nitrogens with one attached hydrogen (secondary N) is 1. The fourth-order valence-electron chi connectivity index (χ4n) is 2.10. The van der Waals surface area contributed by atoms with Gasteiger partial charge in [-0.1, -0.05) is 18.2 Å². The Bertz CT molecular complexity index is 504. The minimum absolute atomic E-state index is 0.00518. The number of amides is 2. The maximum atomic E-state index is 13.4.